The molecule has 0 aromatic heterocycles. The van der Waals surface area contributed by atoms with Crippen molar-refractivity contribution in [3.63, 3.8) is 0 Å². The van der Waals surface area contributed by atoms with Gasteiger partial charge in [0, 0.05) is 6.92 Å². The van der Waals surface area contributed by atoms with Gasteiger partial charge in [0.2, 0.25) is 0 Å². The van der Waals surface area contributed by atoms with Gasteiger partial charge in [0.15, 0.2) is 12.4 Å². The third-order valence-electron chi connectivity index (χ3n) is 4.83. The molecule has 10 nitrogen and oxygen atoms in total. The van der Waals surface area contributed by atoms with Crippen molar-refractivity contribution in [2.75, 3.05) is 6.61 Å². The molecule has 1 N–H and O–H groups in total. The van der Waals surface area contributed by atoms with E-state index in [2.05, 4.69) is 0 Å². The van der Waals surface area contributed by atoms with E-state index in [1.54, 1.807) is 38.1 Å². The maximum absolute atomic E-state index is 12.8. The van der Waals surface area contributed by atoms with Gasteiger partial charge in [-0.05, 0) is 38.1 Å². The number of benzene rings is 2. The highest BCUT2D eigenvalue weighted by Gasteiger charge is 2.50. The molecule has 1 saturated heterocycles. The molecule has 2 aromatic carbocycles. The van der Waals surface area contributed by atoms with Crippen molar-refractivity contribution in [2.24, 2.45) is 0 Å². The Kier molecular flexibility index (Phi) is 7.56. The number of aliphatic hydroxyl groups excluding tert-OH is 1. The van der Waals surface area contributed by atoms with Crippen LogP contribution in [0.3, 0.4) is 0 Å². The second-order valence-corrected chi connectivity index (χ2v) is 10.7. The fourth-order valence-electron chi connectivity index (χ4n) is 3.11. The van der Waals surface area contributed by atoms with Gasteiger partial charge in [0.25, 0.3) is 20.2 Å². The fourth-order valence-corrected chi connectivity index (χ4v) is 5.14. The van der Waals surface area contributed by atoms with Crippen LogP contribution in [0.15, 0.2) is 58.3 Å². The van der Waals surface area contributed by atoms with Crippen molar-refractivity contribution in [1.82, 2.24) is 0 Å². The molecule has 1 heterocycles. The average molecular weight is 501 g/mol. The van der Waals surface area contributed by atoms with Crippen LogP contribution in [0.4, 0.5) is 0 Å². The van der Waals surface area contributed by atoms with E-state index in [1.807, 2.05) is 0 Å². The molecule has 0 bridgehead atoms. The highest BCUT2D eigenvalue weighted by Crippen LogP contribution is 2.30. The van der Waals surface area contributed by atoms with Crippen LogP contribution in [0.1, 0.15) is 18.1 Å². The van der Waals surface area contributed by atoms with Crippen molar-refractivity contribution < 1.29 is 44.6 Å². The summed E-state index contributed by atoms with van der Waals surface area (Å²) in [5, 5.41) is 10.2. The Hall–Kier alpha value is -2.35. The maximum Gasteiger partial charge on any atom is 0.303 e. The van der Waals surface area contributed by atoms with Gasteiger partial charge in [0.05, 0.1) is 16.4 Å². The number of aliphatic hydroxyl groups is 1. The summed E-state index contributed by atoms with van der Waals surface area (Å²) in [4.78, 5) is 11.2. The summed E-state index contributed by atoms with van der Waals surface area (Å²) in [7, 11) is -8.60. The molecule has 0 saturated carbocycles. The zero-order chi connectivity index (χ0) is 24.4. The Labute approximate surface area is 192 Å². The van der Waals surface area contributed by atoms with E-state index in [1.165, 1.54) is 24.3 Å². The highest BCUT2D eigenvalue weighted by molar-refractivity contribution is 7.87. The molecule has 0 radical (unpaired) electrons. The van der Waals surface area contributed by atoms with E-state index in [0.717, 1.165) is 18.1 Å². The number of hydrogen-bond acceptors (Lipinski definition) is 10. The van der Waals surface area contributed by atoms with Gasteiger partial charge >= 0.3 is 5.97 Å². The summed E-state index contributed by atoms with van der Waals surface area (Å²) in [5.74, 6) is -0.821. The Morgan fingerprint density at radius 1 is 0.879 bits per heavy atom. The van der Waals surface area contributed by atoms with E-state index in [4.69, 9.17) is 17.8 Å². The van der Waals surface area contributed by atoms with Gasteiger partial charge in [-0.1, -0.05) is 35.4 Å². The molecule has 12 heteroatoms. The van der Waals surface area contributed by atoms with Gasteiger partial charge in [-0.25, -0.2) is 0 Å². The first kappa shape index (κ1) is 25.3. The summed E-state index contributed by atoms with van der Waals surface area (Å²) in [6, 6.07) is 11.7. The normalized spacial score (nSPS) is 23.4. The molecule has 33 heavy (non-hydrogen) atoms. The van der Waals surface area contributed by atoms with Crippen LogP contribution in [0.2, 0.25) is 0 Å². The predicted octanol–water partition coefficient (Wildman–Crippen LogP) is 1.43. The molecular formula is C21H24O10S2. The first-order valence-corrected chi connectivity index (χ1v) is 12.7. The lowest BCUT2D eigenvalue weighted by Gasteiger charge is -2.22. The van der Waals surface area contributed by atoms with Crippen molar-refractivity contribution in [3.8, 4) is 0 Å². The van der Waals surface area contributed by atoms with E-state index < -0.39 is 57.4 Å². The molecular weight excluding hydrogens is 476 g/mol. The standard InChI is InChI=1S/C21H24O10S2/c1-13-4-8-16(9-5-13)32(24,25)28-12-18-19(20(21(23)30-18)29-15(3)22)31-33(26,27)17-10-6-14(2)7-11-17/h4-11,18-21,23H,12H2,1-3H3/t18-,19+,20-,21?/m1/s1. The molecule has 0 aliphatic carbocycles. The van der Waals surface area contributed by atoms with E-state index in [-0.39, 0.29) is 9.79 Å². The molecule has 1 unspecified atom stereocenters. The van der Waals surface area contributed by atoms with Gasteiger partial charge in [0.1, 0.15) is 12.2 Å². The third-order valence-corrected chi connectivity index (χ3v) is 7.45. The lowest BCUT2D eigenvalue weighted by molar-refractivity contribution is -0.170. The topological polar surface area (TPSA) is 142 Å². The van der Waals surface area contributed by atoms with Gasteiger partial charge < -0.3 is 14.6 Å². The summed E-state index contributed by atoms with van der Waals surface area (Å²) in [6.07, 6.45) is -6.24. The third kappa shape index (κ3) is 6.16. The number of rotatable bonds is 8. The van der Waals surface area contributed by atoms with Crippen molar-refractivity contribution in [2.45, 2.75) is 55.2 Å². The molecule has 1 aliphatic heterocycles. The lowest BCUT2D eigenvalue weighted by atomic mass is 10.1. The van der Waals surface area contributed by atoms with Crippen LogP contribution in [0, 0.1) is 13.8 Å². The smallest absolute Gasteiger partial charge is 0.303 e. The summed E-state index contributed by atoms with van der Waals surface area (Å²) in [5.41, 5.74) is 1.66. The number of ether oxygens (including phenoxy) is 2. The summed E-state index contributed by atoms with van der Waals surface area (Å²) in [6.45, 7) is 3.93. The summed E-state index contributed by atoms with van der Waals surface area (Å²) < 4.78 is 71.1. The zero-order valence-electron chi connectivity index (χ0n) is 18.1. The predicted molar refractivity (Wildman–Crippen MR) is 114 cm³/mol. The molecule has 0 amide bonds. The second-order valence-electron chi connectivity index (χ2n) is 7.52. The average Bonchev–Trinajstić information content (AvgIpc) is 3.01. The molecule has 180 valence electrons. The van der Waals surface area contributed by atoms with Gasteiger partial charge in [-0.3, -0.25) is 13.2 Å². The molecule has 4 atom stereocenters. The molecule has 1 aliphatic rings. The maximum atomic E-state index is 12.8. The first-order valence-electron chi connectivity index (χ1n) is 9.86. The highest BCUT2D eigenvalue weighted by atomic mass is 32.2. The zero-order valence-corrected chi connectivity index (χ0v) is 19.7. The first-order chi connectivity index (χ1) is 15.4. The van der Waals surface area contributed by atoms with Crippen molar-refractivity contribution in [3.05, 3.63) is 59.7 Å². The van der Waals surface area contributed by atoms with Crippen LogP contribution >= 0.6 is 0 Å². The monoisotopic (exact) mass is 500 g/mol. The Morgan fingerprint density at radius 2 is 1.36 bits per heavy atom. The Morgan fingerprint density at radius 3 is 1.85 bits per heavy atom. The SMILES string of the molecule is CC(=O)O[C@H]1C(O)O[C@H](COS(=O)(=O)c2ccc(C)cc2)[C@@H]1OS(=O)(=O)c1ccc(C)cc1. The number of aryl methyl sites for hydroxylation is 2. The fraction of sp³-hybridized carbons (Fsp3) is 0.381. The minimum Gasteiger partial charge on any atom is -0.454 e. The summed E-state index contributed by atoms with van der Waals surface area (Å²) >= 11 is 0. The van der Waals surface area contributed by atoms with Crippen molar-refractivity contribution >= 4 is 26.2 Å². The van der Waals surface area contributed by atoms with Gasteiger partial charge in [-0.15, -0.1) is 0 Å². The van der Waals surface area contributed by atoms with E-state index in [9.17, 15) is 26.7 Å². The number of carbonyl (C=O) groups is 1. The number of esters is 1. The molecule has 3 rings (SSSR count). The van der Waals surface area contributed by atoms with Crippen LogP contribution in [-0.4, -0.2) is 59.1 Å². The molecule has 1 fully saturated rings. The van der Waals surface area contributed by atoms with Crippen LogP contribution in [-0.2, 0) is 42.9 Å². The van der Waals surface area contributed by atoms with Gasteiger partial charge in [-0.2, -0.15) is 16.8 Å². The number of carbonyl (C=O) groups excluding carboxylic acids is 1. The van der Waals surface area contributed by atoms with E-state index >= 15 is 0 Å². The lowest BCUT2D eigenvalue weighted by Crippen LogP contribution is -2.41. The largest absolute Gasteiger partial charge is 0.454 e. The van der Waals surface area contributed by atoms with E-state index in [0.29, 0.717) is 0 Å². The minimum absolute atomic E-state index is 0.118. The minimum atomic E-state index is -4.38. The van der Waals surface area contributed by atoms with Crippen molar-refractivity contribution in [1.29, 1.82) is 0 Å². The Balaban J connectivity index is 1.83. The molecule has 0 spiro atoms. The quantitative estimate of drug-likeness (QED) is 0.418. The van der Waals surface area contributed by atoms with Crippen LogP contribution in [0.25, 0.3) is 0 Å². The second kappa shape index (κ2) is 9.87. The van der Waals surface area contributed by atoms with Crippen LogP contribution < -0.4 is 0 Å². The molecule has 2 aromatic rings. The van der Waals surface area contributed by atoms with Crippen LogP contribution in [0.5, 0.6) is 0 Å². The number of hydrogen-bond donors (Lipinski definition) is 1. The Bertz CT molecular complexity index is 1190.